The van der Waals surface area contributed by atoms with Crippen LogP contribution in [0.3, 0.4) is 0 Å². The molecule has 0 bridgehead atoms. The van der Waals surface area contributed by atoms with E-state index in [4.69, 9.17) is 0 Å². The van der Waals surface area contributed by atoms with Crippen LogP contribution in [0.5, 0.6) is 0 Å². The Morgan fingerprint density at radius 2 is 2.00 bits per heavy atom. The van der Waals surface area contributed by atoms with E-state index in [2.05, 4.69) is 4.74 Å². The van der Waals surface area contributed by atoms with Crippen molar-refractivity contribution in [2.45, 2.75) is 20.0 Å². The molecule has 0 unspecified atom stereocenters. The Bertz CT molecular complexity index is 193. The number of carbonyl (C=O) groups excluding carboxylic acids is 1. The van der Waals surface area contributed by atoms with Gasteiger partial charge in [0.15, 0.2) is 6.61 Å². The smallest absolute Gasteiger partial charge is 0.422 e. The zero-order valence-electron chi connectivity index (χ0n) is 6.73. The number of allylic oxidation sites excluding steroid dienone is 1. The van der Waals surface area contributed by atoms with E-state index in [1.165, 1.54) is 13.0 Å². The van der Waals surface area contributed by atoms with Crippen molar-refractivity contribution in [1.82, 2.24) is 0 Å². The Labute approximate surface area is 68.0 Å². The van der Waals surface area contributed by atoms with Crippen molar-refractivity contribution in [2.75, 3.05) is 6.61 Å². The predicted octanol–water partition coefficient (Wildman–Crippen LogP) is 2.06. The second-order valence-corrected chi connectivity index (χ2v) is 2.16. The van der Waals surface area contributed by atoms with Gasteiger partial charge in [0.05, 0.1) is 0 Å². The molecule has 0 amide bonds. The van der Waals surface area contributed by atoms with Crippen LogP contribution in [-0.4, -0.2) is 18.8 Å². The van der Waals surface area contributed by atoms with Crippen LogP contribution in [0.1, 0.15) is 13.8 Å². The molecule has 0 aliphatic heterocycles. The molecule has 0 heterocycles. The molecule has 0 spiro atoms. The molecule has 0 aliphatic rings. The topological polar surface area (TPSA) is 26.3 Å². The van der Waals surface area contributed by atoms with Crippen molar-refractivity contribution >= 4 is 5.97 Å². The van der Waals surface area contributed by atoms with Crippen LogP contribution < -0.4 is 0 Å². The van der Waals surface area contributed by atoms with Gasteiger partial charge in [0.1, 0.15) is 0 Å². The minimum atomic E-state index is -4.45. The summed E-state index contributed by atoms with van der Waals surface area (Å²) in [6.07, 6.45) is -3.07. The molecule has 0 saturated heterocycles. The molecule has 0 aliphatic carbocycles. The fourth-order valence-electron chi connectivity index (χ4n) is 0.379. The van der Waals surface area contributed by atoms with Crippen molar-refractivity contribution < 1.29 is 22.7 Å². The van der Waals surface area contributed by atoms with Crippen molar-refractivity contribution in [3.05, 3.63) is 11.6 Å². The first kappa shape index (κ1) is 11.0. The van der Waals surface area contributed by atoms with Gasteiger partial charge < -0.3 is 4.74 Å². The van der Waals surface area contributed by atoms with E-state index in [1.54, 1.807) is 6.92 Å². The van der Waals surface area contributed by atoms with Crippen molar-refractivity contribution in [3.8, 4) is 0 Å². The van der Waals surface area contributed by atoms with E-state index in [9.17, 15) is 18.0 Å². The number of rotatable bonds is 2. The molecule has 0 aromatic carbocycles. The summed E-state index contributed by atoms with van der Waals surface area (Å²) >= 11 is 0. The maximum atomic E-state index is 11.5. The lowest BCUT2D eigenvalue weighted by Crippen LogP contribution is -2.20. The highest BCUT2D eigenvalue weighted by Gasteiger charge is 2.29. The number of alkyl halides is 3. The fraction of sp³-hybridized carbons (Fsp3) is 0.571. The molecule has 12 heavy (non-hydrogen) atoms. The lowest BCUT2D eigenvalue weighted by atomic mass is 10.3. The minimum Gasteiger partial charge on any atom is -0.453 e. The Morgan fingerprint density at radius 3 is 2.33 bits per heavy atom. The van der Waals surface area contributed by atoms with Crippen LogP contribution in [0.25, 0.3) is 0 Å². The van der Waals surface area contributed by atoms with Gasteiger partial charge in [-0.25, -0.2) is 4.79 Å². The monoisotopic (exact) mass is 182 g/mol. The van der Waals surface area contributed by atoms with Gasteiger partial charge in [-0.05, 0) is 13.8 Å². The Morgan fingerprint density at radius 1 is 1.50 bits per heavy atom. The number of halogens is 3. The summed E-state index contributed by atoms with van der Waals surface area (Å²) in [5, 5.41) is 0. The summed E-state index contributed by atoms with van der Waals surface area (Å²) in [7, 11) is 0. The molecule has 0 atom stereocenters. The normalized spacial score (nSPS) is 12.9. The molecule has 5 heteroatoms. The molecule has 0 aromatic rings. The lowest BCUT2D eigenvalue weighted by Gasteiger charge is -2.07. The van der Waals surface area contributed by atoms with Crippen LogP contribution in [-0.2, 0) is 9.53 Å². The SMILES string of the molecule is C/C=C(\C)C(=O)OCC(F)(F)F. The first-order valence-electron chi connectivity index (χ1n) is 3.23. The number of hydrogen-bond acceptors (Lipinski definition) is 2. The average Bonchev–Trinajstić information content (AvgIpc) is 1.97. The summed E-state index contributed by atoms with van der Waals surface area (Å²) in [6, 6.07) is 0. The Hall–Kier alpha value is -1.00. The molecule has 2 nitrogen and oxygen atoms in total. The molecule has 0 saturated carbocycles. The number of ether oxygens (including phenoxy) is 1. The van der Waals surface area contributed by atoms with E-state index < -0.39 is 18.8 Å². The van der Waals surface area contributed by atoms with Crippen LogP contribution in [0.15, 0.2) is 11.6 Å². The molecule has 0 fully saturated rings. The summed E-state index contributed by atoms with van der Waals surface area (Å²) in [6.45, 7) is 1.40. The maximum absolute atomic E-state index is 11.5. The third-order valence-corrected chi connectivity index (χ3v) is 1.12. The molecular weight excluding hydrogens is 173 g/mol. The zero-order valence-corrected chi connectivity index (χ0v) is 6.73. The Balaban J connectivity index is 3.89. The second kappa shape index (κ2) is 4.13. The van der Waals surface area contributed by atoms with Crippen molar-refractivity contribution in [1.29, 1.82) is 0 Å². The number of hydrogen-bond donors (Lipinski definition) is 0. The first-order chi connectivity index (χ1) is 5.37. The standard InChI is InChI=1S/C7H9F3O2/c1-3-5(2)6(11)12-4-7(8,9)10/h3H,4H2,1-2H3/b5-3+. The van der Waals surface area contributed by atoms with E-state index in [-0.39, 0.29) is 5.57 Å². The van der Waals surface area contributed by atoms with Gasteiger partial charge in [0, 0.05) is 5.57 Å². The highest BCUT2D eigenvalue weighted by atomic mass is 19.4. The van der Waals surface area contributed by atoms with Crippen molar-refractivity contribution in [2.24, 2.45) is 0 Å². The van der Waals surface area contributed by atoms with Gasteiger partial charge >= 0.3 is 12.1 Å². The van der Waals surface area contributed by atoms with Gasteiger partial charge in [-0.1, -0.05) is 6.08 Å². The molecular formula is C7H9F3O2. The van der Waals surface area contributed by atoms with Gasteiger partial charge in [-0.15, -0.1) is 0 Å². The summed E-state index contributed by atoms with van der Waals surface area (Å²) in [5.74, 6) is -0.935. The second-order valence-electron chi connectivity index (χ2n) is 2.16. The average molecular weight is 182 g/mol. The van der Waals surface area contributed by atoms with Crippen LogP contribution in [0.2, 0.25) is 0 Å². The molecule has 0 aromatic heterocycles. The number of carbonyl (C=O) groups is 1. The zero-order chi connectivity index (χ0) is 9.78. The van der Waals surface area contributed by atoms with Gasteiger partial charge in [0.2, 0.25) is 0 Å². The summed E-state index contributed by atoms with van der Waals surface area (Å²) < 4.78 is 38.4. The third-order valence-electron chi connectivity index (χ3n) is 1.12. The fourth-order valence-corrected chi connectivity index (χ4v) is 0.379. The highest BCUT2D eigenvalue weighted by Crippen LogP contribution is 2.15. The third kappa shape index (κ3) is 4.76. The van der Waals surface area contributed by atoms with Crippen LogP contribution in [0, 0.1) is 0 Å². The first-order valence-corrected chi connectivity index (χ1v) is 3.23. The quantitative estimate of drug-likeness (QED) is 0.482. The van der Waals surface area contributed by atoms with Gasteiger partial charge in [0.25, 0.3) is 0 Å². The molecule has 0 rings (SSSR count). The molecule has 0 radical (unpaired) electrons. The largest absolute Gasteiger partial charge is 0.453 e. The van der Waals surface area contributed by atoms with E-state index in [0.29, 0.717) is 0 Å². The maximum Gasteiger partial charge on any atom is 0.422 e. The van der Waals surface area contributed by atoms with Gasteiger partial charge in [-0.2, -0.15) is 13.2 Å². The summed E-state index contributed by atoms with van der Waals surface area (Å²) in [5.41, 5.74) is 0.166. The van der Waals surface area contributed by atoms with Gasteiger partial charge in [-0.3, -0.25) is 0 Å². The van der Waals surface area contributed by atoms with E-state index in [0.717, 1.165) is 0 Å². The summed E-state index contributed by atoms with van der Waals surface area (Å²) in [4.78, 5) is 10.6. The van der Waals surface area contributed by atoms with Crippen LogP contribution in [0.4, 0.5) is 13.2 Å². The van der Waals surface area contributed by atoms with Crippen molar-refractivity contribution in [3.63, 3.8) is 0 Å². The minimum absolute atomic E-state index is 0.166. The lowest BCUT2D eigenvalue weighted by molar-refractivity contribution is -0.183. The van der Waals surface area contributed by atoms with E-state index in [1.807, 2.05) is 0 Å². The number of esters is 1. The van der Waals surface area contributed by atoms with Crippen LogP contribution >= 0.6 is 0 Å². The molecule has 70 valence electrons. The van der Waals surface area contributed by atoms with E-state index >= 15 is 0 Å². The molecule has 0 N–H and O–H groups in total. The predicted molar refractivity (Wildman–Crippen MR) is 36.4 cm³/mol. The Kier molecular flexibility index (Phi) is 3.79. The highest BCUT2D eigenvalue weighted by molar-refractivity contribution is 5.87.